The van der Waals surface area contributed by atoms with E-state index >= 15 is 0 Å². The second-order valence-corrected chi connectivity index (χ2v) is 5.28. The minimum Gasteiger partial charge on any atom is -0.467 e. The summed E-state index contributed by atoms with van der Waals surface area (Å²) < 4.78 is 30.0. The van der Waals surface area contributed by atoms with E-state index in [0.29, 0.717) is 0 Å². The maximum Gasteiger partial charge on any atom is 0.339 e. The zero-order valence-electron chi connectivity index (χ0n) is 14.9. The van der Waals surface area contributed by atoms with E-state index in [4.69, 9.17) is 23.7 Å². The van der Waals surface area contributed by atoms with Gasteiger partial charge in [-0.25, -0.2) is 4.79 Å². The monoisotopic (exact) mass is 376 g/mol. The van der Waals surface area contributed by atoms with Crippen LogP contribution in [0.15, 0.2) is 0 Å². The highest BCUT2D eigenvalue weighted by atomic mass is 16.7. The second kappa shape index (κ2) is 9.13. The summed E-state index contributed by atoms with van der Waals surface area (Å²) in [7, 11) is 1.05. The fourth-order valence-electron chi connectivity index (χ4n) is 2.34. The summed E-state index contributed by atoms with van der Waals surface area (Å²) in [4.78, 5) is 57.7. The van der Waals surface area contributed by atoms with Gasteiger partial charge in [0.05, 0.1) is 7.11 Å². The van der Waals surface area contributed by atoms with Gasteiger partial charge >= 0.3 is 29.8 Å². The predicted octanol–water partition coefficient (Wildman–Crippen LogP) is -0.757. The summed E-state index contributed by atoms with van der Waals surface area (Å²) in [6, 6.07) is 0. The molecule has 146 valence electrons. The maximum absolute atomic E-state index is 12.0. The third kappa shape index (κ3) is 5.69. The van der Waals surface area contributed by atoms with Crippen LogP contribution in [0.25, 0.3) is 0 Å². The summed E-state index contributed by atoms with van der Waals surface area (Å²) in [5.41, 5.74) is 0. The fourth-order valence-corrected chi connectivity index (χ4v) is 2.34. The molecule has 0 amide bonds. The van der Waals surface area contributed by atoms with E-state index < -0.39 is 60.6 Å². The Kier molecular flexibility index (Phi) is 7.50. The van der Waals surface area contributed by atoms with Crippen molar-refractivity contribution in [3.63, 3.8) is 0 Å². The molecule has 1 rings (SSSR count). The quantitative estimate of drug-likeness (QED) is 0.441. The van der Waals surface area contributed by atoms with Gasteiger partial charge in [-0.2, -0.15) is 0 Å². The van der Waals surface area contributed by atoms with Crippen molar-refractivity contribution in [2.24, 2.45) is 0 Å². The number of methoxy groups -OCH3 is 1. The third-order valence-electron chi connectivity index (χ3n) is 3.12. The normalized spacial score (nSPS) is 27.7. The number of hydrogen-bond acceptors (Lipinski definition) is 11. The maximum atomic E-state index is 12.0. The number of hydrogen-bond donors (Lipinski definition) is 0. The molecule has 0 bridgehead atoms. The highest BCUT2D eigenvalue weighted by Gasteiger charge is 2.56. The van der Waals surface area contributed by atoms with Gasteiger partial charge in [-0.3, -0.25) is 19.2 Å². The predicted molar refractivity (Wildman–Crippen MR) is 79.1 cm³/mol. The van der Waals surface area contributed by atoms with Gasteiger partial charge in [0.1, 0.15) is 0 Å². The van der Waals surface area contributed by atoms with Crippen LogP contribution in [-0.2, 0) is 52.4 Å². The summed E-state index contributed by atoms with van der Waals surface area (Å²) in [5, 5.41) is 0. The lowest BCUT2D eigenvalue weighted by molar-refractivity contribution is -0.294. The molecule has 5 atom stereocenters. The summed E-state index contributed by atoms with van der Waals surface area (Å²) in [5.74, 6) is -4.25. The molecule has 1 heterocycles. The molecule has 1 saturated heterocycles. The van der Waals surface area contributed by atoms with Crippen molar-refractivity contribution in [1.29, 1.82) is 0 Å². The molecule has 11 nitrogen and oxygen atoms in total. The van der Waals surface area contributed by atoms with E-state index in [1.54, 1.807) is 0 Å². The molecule has 1 fully saturated rings. The van der Waals surface area contributed by atoms with Gasteiger partial charge in [0, 0.05) is 27.7 Å². The molecule has 0 aromatic rings. The van der Waals surface area contributed by atoms with Crippen LogP contribution in [0.4, 0.5) is 0 Å². The highest BCUT2D eigenvalue weighted by molar-refractivity contribution is 5.77. The molecule has 11 heteroatoms. The van der Waals surface area contributed by atoms with Gasteiger partial charge in [-0.05, 0) is 0 Å². The standard InChI is InChI=1S/C15H20O11/c1-6(16)22-10-11(23-7(2)17)13(24-8(3)18)15(25-9(4)19)26-12(10)14(20)21-5/h10-13,15H,1-5H3/t10-,11+,12?,13?,15+/m0/s1. The molecule has 0 N–H and O–H groups in total. The molecule has 1 aliphatic rings. The summed E-state index contributed by atoms with van der Waals surface area (Å²) in [6.45, 7) is 4.22. The molecule has 0 spiro atoms. The molecular formula is C15H20O11. The zero-order valence-corrected chi connectivity index (χ0v) is 14.9. The molecule has 26 heavy (non-hydrogen) atoms. The Labute approximate surface area is 148 Å². The SMILES string of the molecule is COC(=O)C1O[C@@H](OC(C)=O)C(OC(C)=O)[C@H](OC(C)=O)[C@@H]1OC(C)=O. The van der Waals surface area contributed by atoms with Gasteiger partial charge in [-0.1, -0.05) is 0 Å². The highest BCUT2D eigenvalue weighted by Crippen LogP contribution is 2.30. The molecule has 0 saturated carbocycles. The van der Waals surface area contributed by atoms with Crippen LogP contribution in [0.5, 0.6) is 0 Å². The molecule has 1 aliphatic heterocycles. The number of ether oxygens (including phenoxy) is 6. The van der Waals surface area contributed by atoms with Crippen molar-refractivity contribution < 1.29 is 52.4 Å². The van der Waals surface area contributed by atoms with Crippen LogP contribution in [0.2, 0.25) is 0 Å². The van der Waals surface area contributed by atoms with Gasteiger partial charge in [0.2, 0.25) is 12.4 Å². The Morgan fingerprint density at radius 1 is 0.654 bits per heavy atom. The lowest BCUT2D eigenvalue weighted by Gasteiger charge is -2.42. The summed E-state index contributed by atoms with van der Waals surface area (Å²) in [6.07, 6.45) is -7.66. The lowest BCUT2D eigenvalue weighted by Crippen LogP contribution is -2.64. The molecular weight excluding hydrogens is 356 g/mol. The number of carbonyl (C=O) groups is 5. The smallest absolute Gasteiger partial charge is 0.339 e. The molecule has 0 aromatic heterocycles. The first kappa shape index (κ1) is 21.4. The van der Waals surface area contributed by atoms with Crippen molar-refractivity contribution in [2.45, 2.75) is 58.4 Å². The van der Waals surface area contributed by atoms with E-state index in [0.717, 1.165) is 34.8 Å². The molecule has 0 radical (unpaired) electrons. The first-order valence-corrected chi connectivity index (χ1v) is 7.49. The van der Waals surface area contributed by atoms with Crippen LogP contribution < -0.4 is 0 Å². The van der Waals surface area contributed by atoms with E-state index in [1.807, 2.05) is 0 Å². The van der Waals surface area contributed by atoms with Crippen LogP contribution in [-0.4, -0.2) is 67.7 Å². The Balaban J connectivity index is 3.37. The first-order valence-electron chi connectivity index (χ1n) is 7.49. The largest absolute Gasteiger partial charge is 0.467 e. The van der Waals surface area contributed by atoms with Crippen LogP contribution in [0.1, 0.15) is 27.7 Å². The van der Waals surface area contributed by atoms with Gasteiger partial charge in [0.15, 0.2) is 18.3 Å². The Morgan fingerprint density at radius 2 is 1.08 bits per heavy atom. The van der Waals surface area contributed by atoms with Crippen molar-refractivity contribution in [2.75, 3.05) is 7.11 Å². The van der Waals surface area contributed by atoms with Crippen LogP contribution in [0, 0.1) is 0 Å². The average Bonchev–Trinajstić information content (AvgIpc) is 2.50. The molecule has 0 aromatic carbocycles. The molecule has 0 aliphatic carbocycles. The van der Waals surface area contributed by atoms with Crippen molar-refractivity contribution in [1.82, 2.24) is 0 Å². The topological polar surface area (TPSA) is 141 Å². The Bertz CT molecular complexity index is 584. The van der Waals surface area contributed by atoms with Gasteiger partial charge in [-0.15, -0.1) is 0 Å². The second-order valence-electron chi connectivity index (χ2n) is 5.28. The number of esters is 5. The minimum atomic E-state index is -1.60. The Morgan fingerprint density at radius 3 is 1.50 bits per heavy atom. The van der Waals surface area contributed by atoms with Crippen molar-refractivity contribution in [3.05, 3.63) is 0 Å². The summed E-state index contributed by atoms with van der Waals surface area (Å²) >= 11 is 0. The average molecular weight is 376 g/mol. The first-order chi connectivity index (χ1) is 12.1. The van der Waals surface area contributed by atoms with Crippen molar-refractivity contribution in [3.8, 4) is 0 Å². The van der Waals surface area contributed by atoms with Crippen LogP contribution >= 0.6 is 0 Å². The van der Waals surface area contributed by atoms with E-state index in [2.05, 4.69) is 4.74 Å². The minimum absolute atomic E-state index is 0.814. The fraction of sp³-hybridized carbons (Fsp3) is 0.667. The lowest BCUT2D eigenvalue weighted by atomic mass is 9.97. The van der Waals surface area contributed by atoms with Crippen molar-refractivity contribution >= 4 is 29.8 Å². The van der Waals surface area contributed by atoms with Gasteiger partial charge < -0.3 is 28.4 Å². The van der Waals surface area contributed by atoms with E-state index in [-0.39, 0.29) is 0 Å². The third-order valence-corrected chi connectivity index (χ3v) is 3.12. The number of carbonyl (C=O) groups excluding carboxylic acids is 5. The van der Waals surface area contributed by atoms with E-state index in [1.165, 1.54) is 0 Å². The number of rotatable bonds is 5. The van der Waals surface area contributed by atoms with Crippen LogP contribution in [0.3, 0.4) is 0 Å². The Hall–Kier alpha value is -2.69. The molecule has 2 unspecified atom stereocenters. The zero-order chi connectivity index (χ0) is 20.0. The van der Waals surface area contributed by atoms with Gasteiger partial charge in [0.25, 0.3) is 0 Å². The van der Waals surface area contributed by atoms with E-state index in [9.17, 15) is 24.0 Å².